The topological polar surface area (TPSA) is 75.1 Å². The van der Waals surface area contributed by atoms with E-state index in [0.29, 0.717) is 28.1 Å². The van der Waals surface area contributed by atoms with Crippen LogP contribution in [0.25, 0.3) is 22.0 Å². The first kappa shape index (κ1) is 21.4. The second kappa shape index (κ2) is 7.84. The summed E-state index contributed by atoms with van der Waals surface area (Å²) in [4.78, 5) is 27.7. The van der Waals surface area contributed by atoms with Crippen LogP contribution in [0, 0.1) is 0 Å². The number of pyridine rings is 1. The Morgan fingerprint density at radius 3 is 2.73 bits per heavy atom. The van der Waals surface area contributed by atoms with Gasteiger partial charge in [-0.05, 0) is 58.8 Å². The number of nitrogens with one attached hydrogen (secondary N) is 1. The standard InChI is InChI=1S/C24H17F3N2O3S/c25-24(26,27)17-3-1-2-15(10-17)21-16(9-13-4-5-18-14(8-13)6-7-28-18)11-20(30)29-19(23(31)32)12-33-22(21)29/h1-8,10-11,19,28H,9,12H2,(H,31,32)/t19-/m0/s1. The van der Waals surface area contributed by atoms with Crippen LogP contribution in [0.4, 0.5) is 13.2 Å². The first-order valence-corrected chi connectivity index (χ1v) is 11.1. The summed E-state index contributed by atoms with van der Waals surface area (Å²) in [6.07, 6.45) is -2.40. The molecule has 0 saturated heterocycles. The number of nitrogens with zero attached hydrogens (tertiary/aromatic N) is 1. The number of hydrogen-bond donors (Lipinski definition) is 2. The molecule has 0 aliphatic carbocycles. The zero-order valence-electron chi connectivity index (χ0n) is 17.0. The number of fused-ring (bicyclic) bond motifs is 2. The third-order valence-corrected chi connectivity index (χ3v) is 6.91. The lowest BCUT2D eigenvalue weighted by Crippen LogP contribution is -2.29. The van der Waals surface area contributed by atoms with Crippen LogP contribution in [-0.2, 0) is 17.4 Å². The molecular formula is C24H17F3N2O3S. The highest BCUT2D eigenvalue weighted by atomic mass is 32.2. The molecule has 5 rings (SSSR count). The van der Waals surface area contributed by atoms with Crippen molar-refractivity contribution in [3.05, 3.63) is 87.8 Å². The van der Waals surface area contributed by atoms with Gasteiger partial charge in [-0.25, -0.2) is 4.79 Å². The summed E-state index contributed by atoms with van der Waals surface area (Å²) in [5.41, 5.74) is 1.87. The Kier molecular flexibility index (Phi) is 5.08. The fourth-order valence-electron chi connectivity index (χ4n) is 4.23. The van der Waals surface area contributed by atoms with E-state index in [9.17, 15) is 27.9 Å². The van der Waals surface area contributed by atoms with E-state index in [1.807, 2.05) is 30.5 Å². The lowest BCUT2D eigenvalue weighted by Gasteiger charge is -2.18. The molecule has 3 heterocycles. The van der Waals surface area contributed by atoms with Crippen LogP contribution in [0.3, 0.4) is 0 Å². The van der Waals surface area contributed by atoms with E-state index in [0.717, 1.165) is 28.6 Å². The van der Waals surface area contributed by atoms with E-state index in [1.165, 1.54) is 28.5 Å². The van der Waals surface area contributed by atoms with Crippen LogP contribution in [0.1, 0.15) is 22.7 Å². The Balaban J connectivity index is 1.71. The molecule has 9 heteroatoms. The molecule has 0 fully saturated rings. The number of aromatic amines is 1. The Bertz CT molecular complexity index is 1460. The van der Waals surface area contributed by atoms with Crippen molar-refractivity contribution in [3.63, 3.8) is 0 Å². The van der Waals surface area contributed by atoms with Gasteiger partial charge in [-0.3, -0.25) is 9.36 Å². The van der Waals surface area contributed by atoms with E-state index in [-0.39, 0.29) is 5.75 Å². The van der Waals surface area contributed by atoms with Gasteiger partial charge in [0.05, 0.1) is 10.6 Å². The molecule has 0 bridgehead atoms. The molecule has 0 spiro atoms. The van der Waals surface area contributed by atoms with Crippen molar-refractivity contribution in [3.8, 4) is 11.1 Å². The molecular weight excluding hydrogens is 453 g/mol. The molecule has 2 N–H and O–H groups in total. The summed E-state index contributed by atoms with van der Waals surface area (Å²) in [6.45, 7) is 0. The number of alkyl halides is 3. The predicted octanol–water partition coefficient (Wildman–Crippen LogP) is 5.34. The first-order chi connectivity index (χ1) is 15.7. The number of carboxylic acids is 1. The minimum absolute atomic E-state index is 0.134. The monoisotopic (exact) mass is 470 g/mol. The van der Waals surface area contributed by atoms with Gasteiger partial charge in [0.15, 0.2) is 0 Å². The Labute approximate surface area is 189 Å². The molecule has 4 aromatic rings. The number of hydrogen-bond acceptors (Lipinski definition) is 3. The number of rotatable bonds is 4. The summed E-state index contributed by atoms with van der Waals surface area (Å²) >= 11 is 1.18. The van der Waals surface area contributed by atoms with Crippen molar-refractivity contribution in [1.82, 2.24) is 9.55 Å². The highest BCUT2D eigenvalue weighted by Crippen LogP contribution is 2.42. The lowest BCUT2D eigenvalue weighted by molar-refractivity contribution is -0.140. The second-order valence-electron chi connectivity index (χ2n) is 7.88. The Morgan fingerprint density at radius 1 is 1.15 bits per heavy atom. The summed E-state index contributed by atoms with van der Waals surface area (Å²) in [5.74, 6) is -1.01. The van der Waals surface area contributed by atoms with Gasteiger partial charge in [0.2, 0.25) is 0 Å². The minimum atomic E-state index is -4.53. The van der Waals surface area contributed by atoms with Crippen molar-refractivity contribution >= 4 is 28.6 Å². The molecule has 168 valence electrons. The number of aliphatic carboxylic acids is 1. The van der Waals surface area contributed by atoms with Gasteiger partial charge in [0.1, 0.15) is 6.04 Å². The van der Waals surface area contributed by atoms with Crippen molar-refractivity contribution in [2.75, 3.05) is 5.75 Å². The van der Waals surface area contributed by atoms with Crippen LogP contribution in [0.15, 0.2) is 70.6 Å². The fourth-order valence-corrected chi connectivity index (χ4v) is 5.59. The molecule has 0 saturated carbocycles. The third kappa shape index (κ3) is 3.82. The zero-order chi connectivity index (χ0) is 23.3. The number of aromatic nitrogens is 2. The predicted molar refractivity (Wildman–Crippen MR) is 120 cm³/mol. The average molecular weight is 470 g/mol. The lowest BCUT2D eigenvalue weighted by atomic mass is 9.94. The van der Waals surface area contributed by atoms with E-state index >= 15 is 0 Å². The van der Waals surface area contributed by atoms with Gasteiger partial charge >= 0.3 is 12.1 Å². The largest absolute Gasteiger partial charge is 0.480 e. The smallest absolute Gasteiger partial charge is 0.416 e. The maximum absolute atomic E-state index is 13.4. The van der Waals surface area contributed by atoms with Crippen LogP contribution in [0.5, 0.6) is 0 Å². The molecule has 0 amide bonds. The zero-order valence-corrected chi connectivity index (χ0v) is 17.8. The molecule has 5 nitrogen and oxygen atoms in total. The number of carbonyl (C=O) groups is 1. The molecule has 1 aliphatic heterocycles. The number of halogens is 3. The highest BCUT2D eigenvalue weighted by Gasteiger charge is 2.34. The van der Waals surface area contributed by atoms with Crippen molar-refractivity contribution < 1.29 is 23.1 Å². The van der Waals surface area contributed by atoms with Gasteiger partial charge in [-0.15, -0.1) is 11.8 Å². The molecule has 33 heavy (non-hydrogen) atoms. The Hall–Kier alpha value is -3.46. The SMILES string of the molecule is O=C(O)[C@@H]1CSc2c(-c3cccc(C(F)(F)F)c3)c(Cc3ccc4[nH]ccc4c3)cc(=O)n21. The number of benzene rings is 2. The van der Waals surface area contributed by atoms with E-state index in [4.69, 9.17) is 0 Å². The van der Waals surface area contributed by atoms with Crippen molar-refractivity contribution in [2.45, 2.75) is 23.7 Å². The van der Waals surface area contributed by atoms with E-state index < -0.39 is 29.3 Å². The second-order valence-corrected chi connectivity index (χ2v) is 8.89. The number of H-pyrrole nitrogens is 1. The average Bonchev–Trinajstić information content (AvgIpc) is 3.40. The quantitative estimate of drug-likeness (QED) is 0.422. The first-order valence-electron chi connectivity index (χ1n) is 10.1. The van der Waals surface area contributed by atoms with Gasteiger partial charge in [0, 0.05) is 29.1 Å². The molecule has 0 unspecified atom stereocenters. The highest BCUT2D eigenvalue weighted by molar-refractivity contribution is 7.99. The summed E-state index contributed by atoms with van der Waals surface area (Å²) in [7, 11) is 0. The maximum Gasteiger partial charge on any atom is 0.416 e. The third-order valence-electron chi connectivity index (χ3n) is 5.75. The van der Waals surface area contributed by atoms with Crippen LogP contribution in [-0.4, -0.2) is 26.4 Å². The van der Waals surface area contributed by atoms with Gasteiger partial charge in [-0.2, -0.15) is 13.2 Å². The summed E-state index contributed by atoms with van der Waals surface area (Å²) < 4.78 is 41.4. The summed E-state index contributed by atoms with van der Waals surface area (Å²) in [5, 5.41) is 10.9. The van der Waals surface area contributed by atoms with E-state index in [2.05, 4.69) is 4.98 Å². The number of carboxylic acid groups (broad SMARTS) is 1. The molecule has 0 radical (unpaired) electrons. The minimum Gasteiger partial charge on any atom is -0.480 e. The van der Waals surface area contributed by atoms with Gasteiger partial charge in [-0.1, -0.05) is 18.2 Å². The molecule has 1 aliphatic rings. The molecule has 2 aromatic heterocycles. The van der Waals surface area contributed by atoms with Gasteiger partial charge < -0.3 is 10.1 Å². The van der Waals surface area contributed by atoms with Crippen LogP contribution >= 0.6 is 11.8 Å². The molecule has 2 aromatic carbocycles. The van der Waals surface area contributed by atoms with Crippen LogP contribution < -0.4 is 5.56 Å². The summed E-state index contributed by atoms with van der Waals surface area (Å²) in [6, 6.07) is 12.9. The maximum atomic E-state index is 13.4. The molecule has 1 atom stereocenters. The van der Waals surface area contributed by atoms with E-state index in [1.54, 1.807) is 6.07 Å². The Morgan fingerprint density at radius 2 is 1.97 bits per heavy atom. The van der Waals surface area contributed by atoms with Gasteiger partial charge in [0.25, 0.3) is 5.56 Å². The normalized spacial score (nSPS) is 15.7. The fraction of sp³-hybridized carbons (Fsp3) is 0.167. The van der Waals surface area contributed by atoms with Crippen LogP contribution in [0.2, 0.25) is 0 Å². The van der Waals surface area contributed by atoms with Crippen molar-refractivity contribution in [1.29, 1.82) is 0 Å². The van der Waals surface area contributed by atoms with Crippen molar-refractivity contribution in [2.24, 2.45) is 0 Å². The number of thioether (sulfide) groups is 1.